The fourth-order valence-corrected chi connectivity index (χ4v) is 8.42. The molecule has 1 aliphatic carbocycles. The highest BCUT2D eigenvalue weighted by atomic mass is 19.1. The van der Waals surface area contributed by atoms with Crippen LogP contribution in [0.15, 0.2) is 62.9 Å². The van der Waals surface area contributed by atoms with Crippen LogP contribution in [0.25, 0.3) is 27.8 Å². The Morgan fingerprint density at radius 1 is 1.02 bits per heavy atom. The van der Waals surface area contributed by atoms with Crippen molar-refractivity contribution < 1.29 is 18.4 Å². The van der Waals surface area contributed by atoms with E-state index in [1.165, 1.54) is 10.1 Å². The van der Waals surface area contributed by atoms with Crippen molar-refractivity contribution in [1.29, 1.82) is 0 Å². The highest BCUT2D eigenvalue weighted by molar-refractivity contribution is 6.00. The number of aryl methyl sites for hydroxylation is 3. The van der Waals surface area contributed by atoms with Gasteiger partial charge in [-0.3, -0.25) is 23.6 Å². The molecule has 1 amide bonds. The summed E-state index contributed by atoms with van der Waals surface area (Å²) in [5.41, 5.74) is 4.99. The molecule has 1 N–H and O–H groups in total. The molecule has 0 spiro atoms. The monoisotopic (exact) mass is 706 g/mol. The predicted octanol–water partition coefficient (Wildman–Crippen LogP) is 5.07. The second-order valence-corrected chi connectivity index (χ2v) is 14.5. The van der Waals surface area contributed by atoms with Crippen molar-refractivity contribution in [3.8, 4) is 16.9 Å². The topological polar surface area (TPSA) is 138 Å². The number of imidazole rings is 1. The minimum absolute atomic E-state index is 0.192. The molecule has 1 atom stereocenters. The van der Waals surface area contributed by atoms with Gasteiger partial charge >= 0.3 is 11.4 Å². The first kappa shape index (κ1) is 32.4. The van der Waals surface area contributed by atoms with Crippen LogP contribution in [0.4, 0.5) is 4.39 Å². The van der Waals surface area contributed by atoms with Gasteiger partial charge in [0.1, 0.15) is 28.4 Å². The molecule has 52 heavy (non-hydrogen) atoms. The number of nitrogens with zero attached hydrogens (tertiary/aromatic N) is 7. The zero-order valence-electron chi connectivity index (χ0n) is 29.5. The van der Waals surface area contributed by atoms with E-state index in [4.69, 9.17) is 14.4 Å². The Morgan fingerprint density at radius 3 is 2.42 bits per heavy atom. The minimum atomic E-state index is -0.742. The molecule has 1 unspecified atom stereocenters. The van der Waals surface area contributed by atoms with Gasteiger partial charge in [0.2, 0.25) is 0 Å². The van der Waals surface area contributed by atoms with Crippen molar-refractivity contribution in [3.63, 3.8) is 0 Å². The maximum Gasteiger partial charge on any atom is 0.438 e. The van der Waals surface area contributed by atoms with Gasteiger partial charge in [-0.15, -0.1) is 0 Å². The van der Waals surface area contributed by atoms with Gasteiger partial charge in [-0.1, -0.05) is 11.2 Å². The smallest absolute Gasteiger partial charge is 0.381 e. The lowest BCUT2D eigenvalue weighted by Crippen LogP contribution is -2.43. The molecule has 2 fully saturated rings. The number of fused-ring (bicyclic) bond motifs is 2. The highest BCUT2D eigenvalue weighted by Crippen LogP contribution is 2.51. The first-order valence-electron chi connectivity index (χ1n) is 17.8. The third-order valence-corrected chi connectivity index (χ3v) is 11.3. The Bertz CT molecular complexity index is 2500. The largest absolute Gasteiger partial charge is 0.438 e. The van der Waals surface area contributed by atoms with E-state index in [1.807, 2.05) is 27.1 Å². The number of hydrogen-bond acceptors (Lipinski definition) is 7. The molecule has 4 aromatic heterocycles. The lowest BCUT2D eigenvalue weighted by Gasteiger charge is -2.35. The minimum Gasteiger partial charge on any atom is -0.381 e. The van der Waals surface area contributed by atoms with E-state index in [9.17, 15) is 14.0 Å². The third kappa shape index (κ3) is 4.87. The number of ether oxygens (including phenoxy) is 1. The predicted molar refractivity (Wildman–Crippen MR) is 189 cm³/mol. The SMILES string of the molecule is Cc1cc(-c2nn3c(c2-n2ccn(C)c2=O)C(C)N(C(=O)c2cc4cc(C5CCOCC5)ccc4n2C2(c4noc(=O)[nH]4)CC2)CC3)cc(C)c1F. The van der Waals surface area contributed by atoms with Crippen LogP contribution in [0.5, 0.6) is 0 Å². The Hall–Kier alpha value is -5.50. The van der Waals surface area contributed by atoms with E-state index in [1.54, 1.807) is 50.0 Å². The molecule has 1 saturated carbocycles. The summed E-state index contributed by atoms with van der Waals surface area (Å²) in [7, 11) is 1.68. The van der Waals surface area contributed by atoms with E-state index in [0.717, 1.165) is 37.0 Å². The number of aromatic nitrogens is 7. The summed E-state index contributed by atoms with van der Waals surface area (Å²) in [4.78, 5) is 45.3. The maximum absolute atomic E-state index is 15.1. The van der Waals surface area contributed by atoms with E-state index in [-0.39, 0.29) is 17.4 Å². The van der Waals surface area contributed by atoms with Crippen LogP contribution in [0.3, 0.4) is 0 Å². The van der Waals surface area contributed by atoms with Gasteiger partial charge < -0.3 is 18.8 Å². The second kappa shape index (κ2) is 11.8. The molecule has 0 radical (unpaired) electrons. The Labute approximate surface area is 297 Å². The number of benzene rings is 2. The number of carbonyl (C=O) groups is 1. The van der Waals surface area contributed by atoms with Crippen LogP contribution in [0, 0.1) is 19.7 Å². The zero-order valence-corrected chi connectivity index (χ0v) is 29.5. The highest BCUT2D eigenvalue weighted by Gasteiger charge is 2.52. The van der Waals surface area contributed by atoms with Gasteiger partial charge in [0.25, 0.3) is 5.91 Å². The Balaban J connectivity index is 1.18. The van der Waals surface area contributed by atoms with E-state index >= 15 is 4.79 Å². The Morgan fingerprint density at radius 2 is 1.77 bits per heavy atom. The first-order chi connectivity index (χ1) is 25.1. The summed E-state index contributed by atoms with van der Waals surface area (Å²) >= 11 is 0. The second-order valence-electron chi connectivity index (χ2n) is 14.5. The van der Waals surface area contributed by atoms with E-state index < -0.39 is 17.3 Å². The van der Waals surface area contributed by atoms with E-state index in [2.05, 4.69) is 28.3 Å². The summed E-state index contributed by atoms with van der Waals surface area (Å²) in [5, 5.41) is 10.0. The molecule has 1 saturated heterocycles. The number of nitrogens with one attached hydrogen (secondary N) is 1. The summed E-state index contributed by atoms with van der Waals surface area (Å²) in [6, 6.07) is 11.3. The zero-order chi connectivity index (χ0) is 36.1. The first-order valence-corrected chi connectivity index (χ1v) is 17.8. The van der Waals surface area contributed by atoms with Crippen molar-refractivity contribution in [2.45, 2.75) is 70.5 Å². The van der Waals surface area contributed by atoms with Gasteiger partial charge in [-0.2, -0.15) is 5.10 Å². The van der Waals surface area contributed by atoms with Crippen molar-refractivity contribution in [2.24, 2.45) is 7.05 Å². The summed E-state index contributed by atoms with van der Waals surface area (Å²) < 4.78 is 32.3. The van der Waals surface area contributed by atoms with Crippen LogP contribution < -0.4 is 11.4 Å². The lowest BCUT2D eigenvalue weighted by molar-refractivity contribution is 0.0623. The summed E-state index contributed by atoms with van der Waals surface area (Å²) in [5.74, 6) is -0.358. The number of carbonyl (C=O) groups excluding carboxylic acids is 1. The van der Waals surface area contributed by atoms with E-state index in [0.29, 0.717) is 77.1 Å². The molecular weight excluding hydrogens is 667 g/mol. The quantitative estimate of drug-likeness (QED) is 0.255. The fraction of sp³-hybridized carbons (Fsp3) is 0.395. The van der Waals surface area contributed by atoms with Crippen LogP contribution in [-0.2, 0) is 23.9 Å². The number of rotatable bonds is 6. The van der Waals surface area contributed by atoms with Crippen LogP contribution in [0.1, 0.15) is 83.3 Å². The summed E-state index contributed by atoms with van der Waals surface area (Å²) in [6.45, 7) is 7.57. The molecule has 2 aliphatic heterocycles. The Kier molecular flexibility index (Phi) is 7.33. The maximum atomic E-state index is 15.1. The van der Waals surface area contributed by atoms with Crippen LogP contribution >= 0.6 is 0 Å². The van der Waals surface area contributed by atoms with Gasteiger partial charge in [0.15, 0.2) is 5.82 Å². The normalized spacial score (nSPS) is 18.6. The molecule has 268 valence electrons. The average molecular weight is 707 g/mol. The molecule has 9 rings (SSSR count). The van der Waals surface area contributed by atoms with Gasteiger partial charge in [-0.05, 0) is 99.4 Å². The number of aromatic amines is 1. The lowest BCUT2D eigenvalue weighted by atomic mass is 9.91. The molecule has 13 nitrogen and oxygen atoms in total. The molecule has 14 heteroatoms. The van der Waals surface area contributed by atoms with Crippen molar-refractivity contribution in [1.82, 2.24) is 38.5 Å². The average Bonchev–Trinajstić information content (AvgIpc) is 3.41. The van der Waals surface area contributed by atoms with Gasteiger partial charge in [0.05, 0.1) is 18.3 Å². The molecule has 6 heterocycles. The molecule has 0 bridgehead atoms. The fourth-order valence-electron chi connectivity index (χ4n) is 8.42. The summed E-state index contributed by atoms with van der Waals surface area (Å²) in [6.07, 6.45) is 6.60. The number of amides is 1. The molecule has 3 aliphatic rings. The van der Waals surface area contributed by atoms with Crippen molar-refractivity contribution in [3.05, 3.63) is 110 Å². The number of H-pyrrole nitrogens is 1. The van der Waals surface area contributed by atoms with Crippen molar-refractivity contribution in [2.75, 3.05) is 19.8 Å². The number of hydrogen-bond donors (Lipinski definition) is 1. The molecule has 2 aromatic carbocycles. The standard InChI is InChI=1S/C38H39FN8O5/c1-21-17-27(18-22(2)30(21)39)31-33(45-12-11-43(4)37(45)50)32-23(3)44(13-14-46(32)41-31)34(48)29-20-26-19-25(24-7-15-51-16-8-24)5-6-28(26)47(29)38(9-10-38)35-40-36(49)52-42-35/h5-6,11-12,17-20,23-24H,7-10,13-16H2,1-4H3,(H,40,42,49). The van der Waals surface area contributed by atoms with Gasteiger partial charge in [0, 0.05) is 55.7 Å². The van der Waals surface area contributed by atoms with Gasteiger partial charge in [-0.25, -0.2) is 14.0 Å². The van der Waals surface area contributed by atoms with Crippen LogP contribution in [-0.4, -0.2) is 64.2 Å². The molecule has 6 aromatic rings. The third-order valence-electron chi connectivity index (χ3n) is 11.3. The number of halogens is 1. The van der Waals surface area contributed by atoms with Crippen molar-refractivity contribution >= 4 is 16.8 Å². The molecular formula is C38H39FN8O5. The van der Waals surface area contributed by atoms with Crippen LogP contribution in [0.2, 0.25) is 0 Å².